The molecular weight excluding hydrogens is 314 g/mol. The topological polar surface area (TPSA) is 90.0 Å². The van der Waals surface area contributed by atoms with Gasteiger partial charge in [-0.2, -0.15) is 5.06 Å². The van der Waals surface area contributed by atoms with Crippen LogP contribution in [-0.4, -0.2) is 28.9 Å². The Hall–Kier alpha value is -3.14. The summed E-state index contributed by atoms with van der Waals surface area (Å²) in [5, 5.41) is 0.831. The zero-order valence-corrected chi connectivity index (χ0v) is 12.8. The van der Waals surface area contributed by atoms with Crippen LogP contribution in [0.2, 0.25) is 0 Å². The Kier molecular flexibility index (Phi) is 6.08. The molecular formula is C17H15NO6. The molecule has 0 amide bonds. The van der Waals surface area contributed by atoms with Crippen molar-refractivity contribution in [2.24, 2.45) is 0 Å². The summed E-state index contributed by atoms with van der Waals surface area (Å²) in [6, 6.07) is 9.13. The molecule has 0 atom stereocenters. The molecule has 0 N–H and O–H groups in total. The van der Waals surface area contributed by atoms with E-state index in [4.69, 9.17) is 9.57 Å². The van der Waals surface area contributed by atoms with E-state index in [9.17, 15) is 19.2 Å². The molecule has 0 aromatic heterocycles. The highest BCUT2D eigenvalue weighted by Crippen LogP contribution is 2.27. The number of nitrogens with zero attached hydrogens (tertiary/aromatic N) is 1. The Morgan fingerprint density at radius 2 is 1.54 bits per heavy atom. The fraction of sp³-hybridized carbons (Fsp3) is 0.294. The second kappa shape index (κ2) is 8.48. The number of hydrogen-bond acceptors (Lipinski definition) is 7. The molecule has 1 aliphatic rings. The van der Waals surface area contributed by atoms with Gasteiger partial charge in [0.2, 0.25) is 0 Å². The summed E-state index contributed by atoms with van der Waals surface area (Å²) in [6.45, 7) is 0.122. The first kappa shape index (κ1) is 17.2. The maximum Gasteiger partial charge on any atom is 0.333 e. The monoisotopic (exact) mass is 329 g/mol. The lowest BCUT2D eigenvalue weighted by atomic mass is 10.2. The Morgan fingerprint density at radius 3 is 2.12 bits per heavy atom. The number of carbonyl (C=O) groups excluding carboxylic acids is 4. The van der Waals surface area contributed by atoms with Crippen molar-refractivity contribution in [3.8, 4) is 0 Å². The fourth-order valence-corrected chi connectivity index (χ4v) is 2.06. The van der Waals surface area contributed by atoms with Crippen molar-refractivity contribution in [2.75, 3.05) is 0 Å². The van der Waals surface area contributed by atoms with Gasteiger partial charge >= 0.3 is 11.9 Å². The van der Waals surface area contributed by atoms with Crippen molar-refractivity contribution in [3.63, 3.8) is 0 Å². The molecule has 24 heavy (non-hydrogen) atoms. The normalized spacial score (nSPS) is 13.2. The summed E-state index contributed by atoms with van der Waals surface area (Å²) < 4.78 is 5.04. The molecule has 1 heterocycles. The molecule has 1 aromatic rings. The number of ether oxygens (including phenoxy) is 1. The highest BCUT2D eigenvalue weighted by molar-refractivity contribution is 5.78. The highest BCUT2D eigenvalue weighted by Gasteiger charge is 2.28. The lowest BCUT2D eigenvalue weighted by Crippen LogP contribution is -2.23. The summed E-state index contributed by atoms with van der Waals surface area (Å²) in [5.74, 6) is 1.92. The van der Waals surface area contributed by atoms with Crippen LogP contribution in [0.3, 0.4) is 0 Å². The number of esters is 1. The number of rotatable bonds is 6. The van der Waals surface area contributed by atoms with Crippen molar-refractivity contribution < 1.29 is 28.8 Å². The van der Waals surface area contributed by atoms with E-state index in [1.54, 1.807) is 11.9 Å². The third-order valence-corrected chi connectivity index (χ3v) is 3.29. The van der Waals surface area contributed by atoms with Gasteiger partial charge in [-0.3, -0.25) is 4.79 Å². The minimum atomic E-state index is -0.755. The van der Waals surface area contributed by atoms with Gasteiger partial charge in [0.15, 0.2) is 0 Å². The van der Waals surface area contributed by atoms with Crippen LogP contribution in [0.25, 0.3) is 0 Å². The molecule has 0 spiro atoms. The SMILES string of the molecule is O=C=C1CCC(=C=O)N1OC(=O)CCC(=O)OCc1ccccc1. The van der Waals surface area contributed by atoms with E-state index in [0.29, 0.717) is 0 Å². The van der Waals surface area contributed by atoms with Gasteiger partial charge in [0, 0.05) is 12.8 Å². The zero-order valence-electron chi connectivity index (χ0n) is 12.8. The van der Waals surface area contributed by atoms with E-state index in [2.05, 4.69) is 0 Å². The lowest BCUT2D eigenvalue weighted by Gasteiger charge is -2.16. The van der Waals surface area contributed by atoms with Crippen LogP contribution in [0, 0.1) is 0 Å². The average molecular weight is 329 g/mol. The van der Waals surface area contributed by atoms with Gasteiger partial charge in [-0.1, -0.05) is 30.3 Å². The van der Waals surface area contributed by atoms with E-state index in [1.165, 1.54) is 0 Å². The molecule has 1 fully saturated rings. The van der Waals surface area contributed by atoms with Gasteiger partial charge in [-0.25, -0.2) is 14.4 Å². The number of hydrogen-bond donors (Lipinski definition) is 0. The van der Waals surface area contributed by atoms with E-state index < -0.39 is 11.9 Å². The molecule has 0 saturated carbocycles. The summed E-state index contributed by atoms with van der Waals surface area (Å²) in [6.07, 6.45) is 0.100. The molecule has 1 aromatic carbocycles. The van der Waals surface area contributed by atoms with Crippen molar-refractivity contribution in [1.82, 2.24) is 5.06 Å². The summed E-state index contributed by atoms with van der Waals surface area (Å²) >= 11 is 0. The van der Waals surface area contributed by atoms with Gasteiger partial charge in [0.1, 0.15) is 29.9 Å². The maximum atomic E-state index is 11.7. The highest BCUT2D eigenvalue weighted by atomic mass is 16.7. The van der Waals surface area contributed by atoms with Crippen molar-refractivity contribution in [1.29, 1.82) is 0 Å². The molecule has 1 aliphatic heterocycles. The summed E-state index contributed by atoms with van der Waals surface area (Å²) in [4.78, 5) is 49.8. The van der Waals surface area contributed by atoms with Gasteiger partial charge in [0.05, 0.1) is 12.8 Å². The molecule has 7 heteroatoms. The van der Waals surface area contributed by atoms with Crippen molar-refractivity contribution in [2.45, 2.75) is 32.3 Å². The Balaban J connectivity index is 1.77. The molecule has 1 saturated heterocycles. The number of benzene rings is 1. The van der Waals surface area contributed by atoms with Crippen LogP contribution in [0.1, 0.15) is 31.2 Å². The minimum absolute atomic E-state index is 0.0494. The first-order valence-corrected chi connectivity index (χ1v) is 7.32. The summed E-state index contributed by atoms with van der Waals surface area (Å²) in [5.41, 5.74) is 0.939. The predicted molar refractivity (Wildman–Crippen MR) is 81.1 cm³/mol. The molecule has 0 radical (unpaired) electrons. The number of carbonyl (C=O) groups is 2. The van der Waals surface area contributed by atoms with Crippen molar-refractivity contribution in [3.05, 3.63) is 47.3 Å². The quantitative estimate of drug-likeness (QED) is 0.577. The molecule has 7 nitrogen and oxygen atoms in total. The molecule has 0 aliphatic carbocycles. The second-order valence-corrected chi connectivity index (χ2v) is 5.00. The average Bonchev–Trinajstić information content (AvgIpc) is 3.00. The first-order valence-electron chi connectivity index (χ1n) is 7.32. The van der Waals surface area contributed by atoms with Crippen LogP contribution in [0.15, 0.2) is 41.7 Å². The number of hydroxylamine groups is 2. The van der Waals surface area contributed by atoms with Crippen LogP contribution in [0.4, 0.5) is 0 Å². The van der Waals surface area contributed by atoms with Gasteiger partial charge in [-0.15, -0.1) is 0 Å². The van der Waals surface area contributed by atoms with E-state index in [0.717, 1.165) is 10.6 Å². The van der Waals surface area contributed by atoms with Gasteiger partial charge in [-0.05, 0) is 5.56 Å². The maximum absolute atomic E-state index is 11.7. The molecule has 0 unspecified atom stereocenters. The van der Waals surface area contributed by atoms with E-state index >= 15 is 0 Å². The van der Waals surface area contributed by atoms with E-state index in [1.807, 2.05) is 30.3 Å². The first-order chi connectivity index (χ1) is 11.6. The predicted octanol–water partition coefficient (Wildman–Crippen LogP) is 1.49. The van der Waals surface area contributed by atoms with Gasteiger partial charge < -0.3 is 9.57 Å². The lowest BCUT2D eigenvalue weighted by molar-refractivity contribution is -0.173. The minimum Gasteiger partial charge on any atom is -0.461 e. The van der Waals surface area contributed by atoms with Crippen LogP contribution >= 0.6 is 0 Å². The fourth-order valence-electron chi connectivity index (χ4n) is 2.06. The van der Waals surface area contributed by atoms with Crippen molar-refractivity contribution >= 4 is 23.8 Å². The Bertz CT molecular complexity index is 688. The molecule has 124 valence electrons. The number of allylic oxidation sites excluding steroid dienone is 2. The Labute approximate surface area is 138 Å². The van der Waals surface area contributed by atoms with Crippen LogP contribution < -0.4 is 0 Å². The Morgan fingerprint density at radius 1 is 0.958 bits per heavy atom. The smallest absolute Gasteiger partial charge is 0.333 e. The third-order valence-electron chi connectivity index (χ3n) is 3.29. The zero-order chi connectivity index (χ0) is 17.4. The summed E-state index contributed by atoms with van der Waals surface area (Å²) in [7, 11) is 0. The second-order valence-electron chi connectivity index (χ2n) is 5.00. The van der Waals surface area contributed by atoms with Crippen LogP contribution in [0.5, 0.6) is 0 Å². The molecule has 2 rings (SSSR count). The van der Waals surface area contributed by atoms with Crippen LogP contribution in [-0.2, 0) is 35.4 Å². The largest absolute Gasteiger partial charge is 0.461 e. The third kappa shape index (κ3) is 4.68. The standard InChI is InChI=1S/C17H15NO6/c19-10-14-6-7-15(11-20)18(14)24-17(22)9-8-16(21)23-12-13-4-2-1-3-5-13/h1-5H,6-9,12H2. The van der Waals surface area contributed by atoms with E-state index in [-0.39, 0.29) is 43.7 Å². The van der Waals surface area contributed by atoms with Gasteiger partial charge in [0.25, 0.3) is 0 Å². The molecule has 0 bridgehead atoms.